The van der Waals surface area contributed by atoms with Gasteiger partial charge < -0.3 is 0 Å². The molecule has 0 aliphatic carbocycles. The van der Waals surface area contributed by atoms with Crippen LogP contribution >= 0.6 is 5.47 Å². The molecule has 0 aliphatic rings. The van der Waals surface area contributed by atoms with Gasteiger partial charge in [0.05, 0.1) is 0 Å². The Balaban J connectivity index is 2.94. The first-order valence-electron chi connectivity index (χ1n) is 2.89. The normalized spacial score (nSPS) is 9.12. The Hall–Kier alpha value is 0.740. The van der Waals surface area contributed by atoms with Crippen LogP contribution in [0.3, 0.4) is 0 Å². The molecule has 0 heterocycles. The molecular formula is C5H11PS2. The Kier molecular flexibility index (Phi) is 6.41. The van der Waals surface area contributed by atoms with Crippen LogP contribution in [-0.4, -0.2) is 6.16 Å². The van der Waals surface area contributed by atoms with E-state index in [1.54, 1.807) is 0 Å². The SMILES string of the molecule is CCCCCP(=S)=S. The Morgan fingerprint density at radius 1 is 1.25 bits per heavy atom. The molecule has 0 N–H and O–H groups in total. The van der Waals surface area contributed by atoms with Crippen LogP contribution in [-0.2, 0) is 23.6 Å². The topological polar surface area (TPSA) is 0 Å². The molecule has 0 saturated heterocycles. The summed E-state index contributed by atoms with van der Waals surface area (Å²) in [5.74, 6) is 0. The summed E-state index contributed by atoms with van der Waals surface area (Å²) in [5.41, 5.74) is -0.445. The van der Waals surface area contributed by atoms with Gasteiger partial charge in [-0.3, -0.25) is 0 Å². The summed E-state index contributed by atoms with van der Waals surface area (Å²) in [5, 5.41) is 0. The van der Waals surface area contributed by atoms with Gasteiger partial charge in [-0.2, -0.15) is 0 Å². The fourth-order valence-electron chi connectivity index (χ4n) is 0.491. The van der Waals surface area contributed by atoms with Gasteiger partial charge in [0.1, 0.15) is 0 Å². The second-order valence-corrected chi connectivity index (χ2v) is 6.21. The van der Waals surface area contributed by atoms with E-state index in [4.69, 9.17) is 23.6 Å². The maximum atomic E-state index is 4.87. The van der Waals surface area contributed by atoms with Crippen molar-refractivity contribution in [1.82, 2.24) is 0 Å². The highest BCUT2D eigenvalue weighted by Crippen LogP contribution is 2.08. The van der Waals surface area contributed by atoms with Crippen LogP contribution in [0, 0.1) is 0 Å². The molecule has 0 fully saturated rings. The van der Waals surface area contributed by atoms with E-state index in [1.165, 1.54) is 19.3 Å². The van der Waals surface area contributed by atoms with Gasteiger partial charge in [-0.05, 0) is 6.42 Å². The quantitative estimate of drug-likeness (QED) is 0.465. The highest BCUT2D eigenvalue weighted by atomic mass is 32.7. The summed E-state index contributed by atoms with van der Waals surface area (Å²) in [7, 11) is 0. The summed E-state index contributed by atoms with van der Waals surface area (Å²) >= 11 is 9.74. The van der Waals surface area contributed by atoms with Gasteiger partial charge in [0.15, 0.2) is 0 Å². The molecule has 0 aromatic rings. The fourth-order valence-corrected chi connectivity index (χ4v) is 1.75. The summed E-state index contributed by atoms with van der Waals surface area (Å²) in [4.78, 5) is 0. The minimum atomic E-state index is -0.445. The minimum absolute atomic E-state index is 0.445. The first-order chi connectivity index (χ1) is 3.77. The molecule has 0 aromatic heterocycles. The molecule has 0 spiro atoms. The maximum absolute atomic E-state index is 4.87. The number of hydrogen-bond donors (Lipinski definition) is 0. The van der Waals surface area contributed by atoms with E-state index in [-0.39, 0.29) is 0 Å². The maximum Gasteiger partial charge on any atom is 0.0103 e. The molecule has 0 radical (unpaired) electrons. The van der Waals surface area contributed by atoms with E-state index in [0.717, 1.165) is 6.16 Å². The third-order valence-electron chi connectivity index (χ3n) is 0.944. The Morgan fingerprint density at radius 2 is 1.88 bits per heavy atom. The number of rotatable bonds is 4. The van der Waals surface area contributed by atoms with Crippen molar-refractivity contribution < 1.29 is 0 Å². The molecule has 0 saturated carbocycles. The molecule has 0 rings (SSSR count). The second kappa shape index (κ2) is 5.87. The van der Waals surface area contributed by atoms with Crippen LogP contribution in [0.25, 0.3) is 0 Å². The van der Waals surface area contributed by atoms with Crippen molar-refractivity contribution in [1.29, 1.82) is 0 Å². The van der Waals surface area contributed by atoms with Crippen LogP contribution in [0.5, 0.6) is 0 Å². The molecule has 0 bridgehead atoms. The van der Waals surface area contributed by atoms with Gasteiger partial charge in [-0.25, -0.2) is 0 Å². The Labute approximate surface area is 61.8 Å². The highest BCUT2D eigenvalue weighted by molar-refractivity contribution is 8.25. The predicted octanol–water partition coefficient (Wildman–Crippen LogP) is 2.58. The van der Waals surface area contributed by atoms with Crippen LogP contribution in [0.2, 0.25) is 0 Å². The smallest absolute Gasteiger partial charge is 0.0103 e. The van der Waals surface area contributed by atoms with Crippen LogP contribution in [0.15, 0.2) is 0 Å². The van der Waals surface area contributed by atoms with E-state index in [2.05, 4.69) is 6.92 Å². The van der Waals surface area contributed by atoms with Crippen molar-refractivity contribution in [3.63, 3.8) is 0 Å². The van der Waals surface area contributed by atoms with Gasteiger partial charge in [-0.15, -0.1) is 0 Å². The third-order valence-corrected chi connectivity index (χ3v) is 2.72. The Morgan fingerprint density at radius 3 is 2.25 bits per heavy atom. The number of hydrogen-bond acceptors (Lipinski definition) is 2. The summed E-state index contributed by atoms with van der Waals surface area (Å²) < 4.78 is 0. The molecule has 0 amide bonds. The molecule has 0 aliphatic heterocycles. The second-order valence-electron chi connectivity index (χ2n) is 1.76. The molecule has 3 heteroatoms. The predicted molar refractivity (Wildman–Crippen MR) is 46.0 cm³/mol. The highest BCUT2D eigenvalue weighted by Gasteiger charge is 1.82. The lowest BCUT2D eigenvalue weighted by Gasteiger charge is -1.88. The van der Waals surface area contributed by atoms with Crippen LogP contribution in [0.1, 0.15) is 26.2 Å². The lowest BCUT2D eigenvalue weighted by atomic mass is 10.3. The number of unbranched alkanes of at least 4 members (excludes halogenated alkanes) is 2. The molecule has 8 heavy (non-hydrogen) atoms. The standard InChI is InChI=1S/C5H11PS2/c1-2-3-4-5-6(7)8/h2-5H2,1H3. The lowest BCUT2D eigenvalue weighted by molar-refractivity contribution is 0.778. The van der Waals surface area contributed by atoms with Gasteiger partial charge in [-0.1, -0.05) is 43.4 Å². The Bertz CT molecular complexity index is 99.0. The van der Waals surface area contributed by atoms with Crippen LogP contribution in [0.4, 0.5) is 0 Å². The first kappa shape index (κ1) is 8.74. The molecule has 0 unspecified atom stereocenters. The van der Waals surface area contributed by atoms with Gasteiger partial charge >= 0.3 is 0 Å². The summed E-state index contributed by atoms with van der Waals surface area (Å²) in [6.45, 7) is 2.19. The zero-order valence-corrected chi connectivity index (χ0v) is 7.62. The van der Waals surface area contributed by atoms with E-state index in [0.29, 0.717) is 0 Å². The van der Waals surface area contributed by atoms with Gasteiger partial charge in [0.25, 0.3) is 0 Å². The molecule has 0 atom stereocenters. The van der Waals surface area contributed by atoms with Gasteiger partial charge in [0.2, 0.25) is 0 Å². The van der Waals surface area contributed by atoms with Crippen molar-refractivity contribution in [3.05, 3.63) is 0 Å². The lowest BCUT2D eigenvalue weighted by Crippen LogP contribution is -1.72. The summed E-state index contributed by atoms with van der Waals surface area (Å²) in [6.07, 6.45) is 4.92. The van der Waals surface area contributed by atoms with Crippen LogP contribution < -0.4 is 0 Å². The monoisotopic (exact) mass is 166 g/mol. The van der Waals surface area contributed by atoms with E-state index >= 15 is 0 Å². The van der Waals surface area contributed by atoms with Crippen molar-refractivity contribution in [2.24, 2.45) is 0 Å². The van der Waals surface area contributed by atoms with E-state index in [9.17, 15) is 0 Å². The van der Waals surface area contributed by atoms with Crippen molar-refractivity contribution in [2.75, 3.05) is 6.16 Å². The van der Waals surface area contributed by atoms with Crippen molar-refractivity contribution in [3.8, 4) is 0 Å². The molecule has 48 valence electrons. The average molecular weight is 166 g/mol. The first-order valence-corrected chi connectivity index (χ1v) is 6.44. The van der Waals surface area contributed by atoms with E-state index in [1.807, 2.05) is 0 Å². The average Bonchev–Trinajstić information content (AvgIpc) is 1.66. The van der Waals surface area contributed by atoms with E-state index < -0.39 is 5.47 Å². The molecule has 0 nitrogen and oxygen atoms in total. The molecular weight excluding hydrogens is 155 g/mol. The third kappa shape index (κ3) is 6.74. The minimum Gasteiger partial charge on any atom is -0.0654 e. The zero-order chi connectivity index (χ0) is 6.41. The molecule has 0 aromatic carbocycles. The van der Waals surface area contributed by atoms with Crippen molar-refractivity contribution >= 4 is 29.1 Å². The van der Waals surface area contributed by atoms with Crippen molar-refractivity contribution in [2.45, 2.75) is 26.2 Å². The zero-order valence-electron chi connectivity index (χ0n) is 5.09. The fraction of sp³-hybridized carbons (Fsp3) is 1.00. The largest absolute Gasteiger partial charge is 0.0654 e. The summed E-state index contributed by atoms with van der Waals surface area (Å²) in [6, 6.07) is 0. The van der Waals surface area contributed by atoms with Gasteiger partial charge in [0, 0.05) is 11.6 Å².